The van der Waals surface area contributed by atoms with Crippen LogP contribution in [0.15, 0.2) is 23.8 Å². The van der Waals surface area contributed by atoms with E-state index in [4.69, 9.17) is 5.73 Å². The third kappa shape index (κ3) is 1.64. The van der Waals surface area contributed by atoms with E-state index in [9.17, 15) is 4.79 Å². The third-order valence-corrected chi connectivity index (χ3v) is 4.53. The molecule has 0 aliphatic heterocycles. The largest absolute Gasteiger partial charge is 0.368 e. The molecule has 0 saturated carbocycles. The van der Waals surface area contributed by atoms with Gasteiger partial charge in [-0.05, 0) is 6.92 Å². The first-order valence-corrected chi connectivity index (χ1v) is 5.18. The van der Waals surface area contributed by atoms with Gasteiger partial charge in [0.15, 0.2) is 0 Å². The Kier molecular flexibility index (Phi) is 2.78. The zero-order chi connectivity index (χ0) is 9.35. The lowest BCUT2D eigenvalue weighted by atomic mass is 9.96. The van der Waals surface area contributed by atoms with Gasteiger partial charge < -0.3 is 5.73 Å². The average Bonchev–Trinajstić information content (AvgIpc) is 1.97. The fourth-order valence-corrected chi connectivity index (χ4v) is 2.03. The van der Waals surface area contributed by atoms with Crippen LogP contribution in [0, 0.1) is 0 Å². The number of hydrogen-bond acceptors (Lipinski definition) is 1. The van der Waals surface area contributed by atoms with Gasteiger partial charge in [-0.3, -0.25) is 4.79 Å². The van der Waals surface area contributed by atoms with Crippen LogP contribution in [-0.4, -0.2) is 15.1 Å². The minimum absolute atomic E-state index is 0.0764. The molecule has 66 valence electrons. The molecule has 1 amide bonds. The molecule has 0 aromatic heterocycles. The van der Waals surface area contributed by atoms with E-state index < -0.39 is 4.32 Å². The van der Waals surface area contributed by atoms with Crippen LogP contribution in [0.25, 0.3) is 0 Å². The Labute approximate surface area is 88.1 Å². The van der Waals surface area contributed by atoms with Gasteiger partial charge in [0.25, 0.3) is 0 Å². The van der Waals surface area contributed by atoms with Gasteiger partial charge in [0.1, 0.15) is 4.32 Å². The molecule has 2 unspecified atom stereocenters. The topological polar surface area (TPSA) is 43.1 Å². The Bertz CT molecular complexity index is 272. The lowest BCUT2D eigenvalue weighted by Crippen LogP contribution is -2.44. The van der Waals surface area contributed by atoms with E-state index in [0.29, 0.717) is 0 Å². The maximum atomic E-state index is 11.1. The summed E-state index contributed by atoms with van der Waals surface area (Å²) in [4.78, 5) is 11.0. The summed E-state index contributed by atoms with van der Waals surface area (Å²) >= 11 is 6.68. The molecular weight excluding hydrogens is 286 g/mol. The van der Waals surface area contributed by atoms with E-state index >= 15 is 0 Å². The first kappa shape index (κ1) is 9.99. The average molecular weight is 295 g/mol. The van der Waals surface area contributed by atoms with Crippen LogP contribution in [0.4, 0.5) is 0 Å². The maximum Gasteiger partial charge on any atom is 0.239 e. The molecule has 2 atom stereocenters. The van der Waals surface area contributed by atoms with Crippen molar-refractivity contribution in [2.45, 2.75) is 16.1 Å². The Hall–Kier alpha value is -0.0900. The van der Waals surface area contributed by atoms with Gasteiger partial charge in [0.05, 0.1) is 4.83 Å². The van der Waals surface area contributed by atoms with Gasteiger partial charge in [0, 0.05) is 0 Å². The van der Waals surface area contributed by atoms with E-state index in [1.54, 1.807) is 6.08 Å². The molecule has 0 spiro atoms. The van der Waals surface area contributed by atoms with Gasteiger partial charge in [0.2, 0.25) is 5.91 Å². The highest BCUT2D eigenvalue weighted by Gasteiger charge is 2.38. The second-order valence-corrected chi connectivity index (χ2v) is 5.08. The molecule has 0 radical (unpaired) electrons. The Morgan fingerprint density at radius 3 is 2.75 bits per heavy atom. The summed E-state index contributed by atoms with van der Waals surface area (Å²) in [5, 5.41) is 0. The molecule has 2 nitrogen and oxygen atoms in total. The van der Waals surface area contributed by atoms with Crippen molar-refractivity contribution >= 4 is 37.8 Å². The second kappa shape index (κ2) is 3.34. The van der Waals surface area contributed by atoms with Crippen molar-refractivity contribution in [2.24, 2.45) is 5.73 Å². The van der Waals surface area contributed by atoms with Crippen LogP contribution in [0.3, 0.4) is 0 Å². The summed E-state index contributed by atoms with van der Waals surface area (Å²) in [6, 6.07) is 0. The van der Waals surface area contributed by atoms with E-state index in [1.165, 1.54) is 0 Å². The highest BCUT2D eigenvalue weighted by Crippen LogP contribution is 2.34. The molecule has 0 saturated heterocycles. The minimum atomic E-state index is -0.771. The van der Waals surface area contributed by atoms with Crippen LogP contribution in [0.5, 0.6) is 0 Å². The molecule has 0 aromatic carbocycles. The Balaban J connectivity index is 2.99. The van der Waals surface area contributed by atoms with Crippen LogP contribution in [-0.2, 0) is 4.79 Å². The van der Waals surface area contributed by atoms with Crippen molar-refractivity contribution in [2.75, 3.05) is 0 Å². The molecule has 0 heterocycles. The van der Waals surface area contributed by atoms with Crippen molar-refractivity contribution in [3.8, 4) is 0 Å². The van der Waals surface area contributed by atoms with Crippen LogP contribution in [0.1, 0.15) is 6.92 Å². The predicted molar refractivity (Wildman–Crippen MR) is 56.5 cm³/mol. The van der Waals surface area contributed by atoms with Gasteiger partial charge in [-0.25, -0.2) is 0 Å². The van der Waals surface area contributed by atoms with Crippen molar-refractivity contribution in [1.82, 2.24) is 0 Å². The number of carbonyl (C=O) groups is 1. The second-order valence-electron chi connectivity index (χ2n) is 2.78. The zero-order valence-corrected chi connectivity index (χ0v) is 9.72. The molecule has 2 N–H and O–H groups in total. The lowest BCUT2D eigenvalue weighted by molar-refractivity contribution is -0.118. The molecule has 4 heteroatoms. The van der Waals surface area contributed by atoms with Crippen molar-refractivity contribution in [1.29, 1.82) is 0 Å². The van der Waals surface area contributed by atoms with E-state index in [0.717, 1.165) is 5.57 Å². The van der Waals surface area contributed by atoms with Gasteiger partial charge in [-0.2, -0.15) is 0 Å². The first-order valence-electron chi connectivity index (χ1n) is 3.47. The fourth-order valence-electron chi connectivity index (χ4n) is 0.970. The van der Waals surface area contributed by atoms with E-state index in [2.05, 4.69) is 31.9 Å². The highest BCUT2D eigenvalue weighted by molar-refractivity contribution is 9.13. The molecule has 0 bridgehead atoms. The number of carbonyl (C=O) groups excluding carboxylic acids is 1. The number of nitrogens with two attached hydrogens (primary N) is 1. The van der Waals surface area contributed by atoms with Crippen LogP contribution in [0.2, 0.25) is 0 Å². The lowest BCUT2D eigenvalue weighted by Gasteiger charge is -2.26. The first-order chi connectivity index (χ1) is 5.47. The number of allylic oxidation sites excluding steroid dienone is 3. The SMILES string of the molecule is CC1=CC(Br)C(Br)(C(N)=O)C=C1. The molecule has 1 aliphatic rings. The van der Waals surface area contributed by atoms with Gasteiger partial charge in [-0.1, -0.05) is 55.7 Å². The Morgan fingerprint density at radius 2 is 2.33 bits per heavy atom. The summed E-state index contributed by atoms with van der Waals surface area (Å²) in [5.41, 5.74) is 6.36. The van der Waals surface area contributed by atoms with Crippen LogP contribution >= 0.6 is 31.9 Å². The molecule has 0 aromatic rings. The molecule has 12 heavy (non-hydrogen) atoms. The van der Waals surface area contributed by atoms with Crippen molar-refractivity contribution < 1.29 is 4.79 Å². The van der Waals surface area contributed by atoms with Gasteiger partial charge in [-0.15, -0.1) is 0 Å². The third-order valence-electron chi connectivity index (χ3n) is 1.78. The molecule has 0 fully saturated rings. The smallest absolute Gasteiger partial charge is 0.239 e. The molecule has 1 rings (SSSR count). The number of amides is 1. The standard InChI is InChI=1S/C8H9Br2NO/c1-5-2-3-8(10,7(11)12)6(9)4-5/h2-4,6H,1H3,(H2,11,12). The van der Waals surface area contributed by atoms with Crippen molar-refractivity contribution in [3.05, 3.63) is 23.8 Å². The fraction of sp³-hybridized carbons (Fsp3) is 0.375. The quantitative estimate of drug-likeness (QED) is 0.738. The number of halogens is 2. The summed E-state index contributed by atoms with van der Waals surface area (Å²) < 4.78 is -0.771. The number of alkyl halides is 2. The number of primary amides is 1. The number of rotatable bonds is 1. The summed E-state index contributed by atoms with van der Waals surface area (Å²) in [6.45, 7) is 1.97. The van der Waals surface area contributed by atoms with Crippen molar-refractivity contribution in [3.63, 3.8) is 0 Å². The highest BCUT2D eigenvalue weighted by atomic mass is 79.9. The van der Waals surface area contributed by atoms with Crippen LogP contribution < -0.4 is 5.73 Å². The molecular formula is C8H9Br2NO. The normalized spacial score (nSPS) is 34.6. The monoisotopic (exact) mass is 293 g/mol. The Morgan fingerprint density at radius 1 is 1.75 bits per heavy atom. The van der Waals surface area contributed by atoms with Gasteiger partial charge >= 0.3 is 0 Å². The van der Waals surface area contributed by atoms with E-state index in [1.807, 2.05) is 19.1 Å². The zero-order valence-electron chi connectivity index (χ0n) is 6.55. The van der Waals surface area contributed by atoms with E-state index in [-0.39, 0.29) is 10.7 Å². The predicted octanol–water partition coefficient (Wildman–Crippen LogP) is 1.89. The summed E-state index contributed by atoms with van der Waals surface area (Å²) in [7, 11) is 0. The summed E-state index contributed by atoms with van der Waals surface area (Å²) in [5.74, 6) is -0.385. The minimum Gasteiger partial charge on any atom is -0.368 e. The summed E-state index contributed by atoms with van der Waals surface area (Å²) in [6.07, 6.45) is 5.58. The maximum absolute atomic E-state index is 11.1. The molecule has 1 aliphatic carbocycles. The number of hydrogen-bond donors (Lipinski definition) is 1.